The van der Waals surface area contributed by atoms with Crippen LogP contribution in [0.15, 0.2) is 29.5 Å². The molecule has 8 heteroatoms. The molecule has 0 aliphatic carbocycles. The molecule has 0 radical (unpaired) electrons. The fourth-order valence-electron chi connectivity index (χ4n) is 2.39. The van der Waals surface area contributed by atoms with Gasteiger partial charge in [-0.05, 0) is 13.0 Å². The molecule has 1 aliphatic rings. The van der Waals surface area contributed by atoms with Crippen LogP contribution in [-0.2, 0) is 16.1 Å². The van der Waals surface area contributed by atoms with E-state index < -0.39 is 5.69 Å². The lowest BCUT2D eigenvalue weighted by Crippen LogP contribution is -2.44. The Balaban J connectivity index is 1.68. The fourth-order valence-corrected chi connectivity index (χ4v) is 2.39. The molecule has 1 aliphatic heterocycles. The first-order valence-corrected chi connectivity index (χ1v) is 7.06. The van der Waals surface area contributed by atoms with E-state index in [2.05, 4.69) is 15.0 Å². The van der Waals surface area contributed by atoms with E-state index in [0.717, 1.165) is 5.69 Å². The van der Waals surface area contributed by atoms with Crippen molar-refractivity contribution in [3.63, 3.8) is 0 Å². The van der Waals surface area contributed by atoms with E-state index in [0.29, 0.717) is 25.5 Å². The van der Waals surface area contributed by atoms with E-state index in [9.17, 15) is 9.59 Å². The lowest BCUT2D eigenvalue weighted by molar-refractivity contribution is -0.140. The number of carbonyl (C=O) groups is 1. The summed E-state index contributed by atoms with van der Waals surface area (Å²) in [6.07, 6.45) is 4.43. The number of aromatic nitrogens is 4. The van der Waals surface area contributed by atoms with E-state index in [1.165, 1.54) is 10.8 Å². The number of aromatic amines is 1. The van der Waals surface area contributed by atoms with Crippen LogP contribution < -0.4 is 5.69 Å². The summed E-state index contributed by atoms with van der Waals surface area (Å²) in [6, 6.07) is 1.63. The summed E-state index contributed by atoms with van der Waals surface area (Å²) < 4.78 is 6.96. The molecule has 3 heterocycles. The topological polar surface area (TPSA) is 93.1 Å². The van der Waals surface area contributed by atoms with Crippen molar-refractivity contribution in [3.8, 4) is 0 Å². The number of amides is 1. The molecule has 1 fully saturated rings. The normalized spacial score (nSPS) is 18.4. The summed E-state index contributed by atoms with van der Waals surface area (Å²) in [5.41, 5.74) is 0.520. The molecule has 3 rings (SSSR count). The molecule has 1 atom stereocenters. The maximum atomic E-state index is 12.4. The Morgan fingerprint density at radius 1 is 1.50 bits per heavy atom. The minimum Gasteiger partial charge on any atom is -0.367 e. The number of hydrogen-bond acceptors (Lipinski definition) is 5. The number of rotatable bonds is 3. The second-order valence-electron chi connectivity index (χ2n) is 5.18. The Kier molecular flexibility index (Phi) is 4.01. The van der Waals surface area contributed by atoms with Gasteiger partial charge in [0.15, 0.2) is 0 Å². The number of imidazole rings is 1. The summed E-state index contributed by atoms with van der Waals surface area (Å²) in [4.78, 5) is 36.6. The average Bonchev–Trinajstić information content (AvgIpc) is 2.96. The largest absolute Gasteiger partial charge is 0.367 e. The highest BCUT2D eigenvalue weighted by Gasteiger charge is 2.27. The molecule has 1 amide bonds. The summed E-state index contributed by atoms with van der Waals surface area (Å²) in [5, 5.41) is 0. The van der Waals surface area contributed by atoms with E-state index in [4.69, 9.17) is 4.74 Å². The Morgan fingerprint density at radius 3 is 3.09 bits per heavy atom. The monoisotopic (exact) mass is 303 g/mol. The predicted octanol–water partition coefficient (Wildman–Crippen LogP) is -0.125. The van der Waals surface area contributed by atoms with Gasteiger partial charge in [-0.3, -0.25) is 9.36 Å². The van der Waals surface area contributed by atoms with Crippen LogP contribution in [0.25, 0.3) is 0 Å². The van der Waals surface area contributed by atoms with Gasteiger partial charge >= 0.3 is 5.69 Å². The average molecular weight is 303 g/mol. The van der Waals surface area contributed by atoms with E-state index in [-0.39, 0.29) is 18.6 Å². The van der Waals surface area contributed by atoms with Crippen LogP contribution >= 0.6 is 0 Å². The van der Waals surface area contributed by atoms with Gasteiger partial charge < -0.3 is 14.6 Å². The van der Waals surface area contributed by atoms with Crippen LogP contribution in [0.5, 0.6) is 0 Å². The summed E-state index contributed by atoms with van der Waals surface area (Å²) >= 11 is 0. The predicted molar refractivity (Wildman–Crippen MR) is 77.1 cm³/mol. The molecule has 1 N–H and O–H groups in total. The Hall–Kier alpha value is -2.48. The van der Waals surface area contributed by atoms with Crippen molar-refractivity contribution >= 4 is 5.91 Å². The fraction of sp³-hybridized carbons (Fsp3) is 0.429. The van der Waals surface area contributed by atoms with Crippen LogP contribution in [0.1, 0.15) is 17.6 Å². The second-order valence-corrected chi connectivity index (χ2v) is 5.18. The van der Waals surface area contributed by atoms with E-state index >= 15 is 0 Å². The van der Waals surface area contributed by atoms with Crippen molar-refractivity contribution in [2.75, 3.05) is 19.7 Å². The molecule has 0 saturated carbocycles. The standard InChI is InChI=1S/C14H17N5O3/c1-10-7-16-13(17-10)11-8-18(5-6-22-11)12(20)9-19-4-2-3-15-14(19)21/h2-4,7,11H,5-6,8-9H2,1H3,(H,16,17). The van der Waals surface area contributed by atoms with Crippen molar-refractivity contribution < 1.29 is 9.53 Å². The Morgan fingerprint density at radius 2 is 2.36 bits per heavy atom. The van der Waals surface area contributed by atoms with Crippen molar-refractivity contribution in [2.24, 2.45) is 0 Å². The van der Waals surface area contributed by atoms with Crippen LogP contribution in [0, 0.1) is 6.92 Å². The van der Waals surface area contributed by atoms with Gasteiger partial charge in [0.1, 0.15) is 18.5 Å². The number of morpholine rings is 1. The van der Waals surface area contributed by atoms with Gasteiger partial charge in [0, 0.05) is 30.8 Å². The molecule has 2 aromatic rings. The maximum absolute atomic E-state index is 12.4. The molecule has 8 nitrogen and oxygen atoms in total. The summed E-state index contributed by atoms with van der Waals surface area (Å²) in [5.74, 6) is 0.584. The van der Waals surface area contributed by atoms with Crippen LogP contribution in [-0.4, -0.2) is 50.0 Å². The molecule has 0 spiro atoms. The van der Waals surface area contributed by atoms with Gasteiger partial charge in [0.05, 0.1) is 13.2 Å². The number of nitrogens with one attached hydrogen (secondary N) is 1. The number of ether oxygens (including phenoxy) is 1. The first-order valence-electron chi connectivity index (χ1n) is 7.06. The van der Waals surface area contributed by atoms with Crippen molar-refractivity contribution in [2.45, 2.75) is 19.6 Å². The first kappa shape index (κ1) is 14.5. The number of hydrogen-bond donors (Lipinski definition) is 1. The van der Waals surface area contributed by atoms with Gasteiger partial charge in [-0.2, -0.15) is 0 Å². The molecule has 116 valence electrons. The third-order valence-electron chi connectivity index (χ3n) is 3.54. The van der Waals surface area contributed by atoms with Crippen molar-refractivity contribution in [1.29, 1.82) is 0 Å². The van der Waals surface area contributed by atoms with Crippen molar-refractivity contribution in [3.05, 3.63) is 46.7 Å². The minimum atomic E-state index is -0.428. The molecular weight excluding hydrogens is 286 g/mol. The Bertz CT molecular complexity index is 723. The summed E-state index contributed by atoms with van der Waals surface area (Å²) in [7, 11) is 0. The van der Waals surface area contributed by atoms with E-state index in [1.54, 1.807) is 23.4 Å². The zero-order valence-electron chi connectivity index (χ0n) is 12.2. The lowest BCUT2D eigenvalue weighted by atomic mass is 10.2. The van der Waals surface area contributed by atoms with Gasteiger partial charge in [0.2, 0.25) is 5.91 Å². The lowest BCUT2D eigenvalue weighted by Gasteiger charge is -2.32. The molecule has 22 heavy (non-hydrogen) atoms. The summed E-state index contributed by atoms with van der Waals surface area (Å²) in [6.45, 7) is 3.26. The molecule has 2 aromatic heterocycles. The third kappa shape index (κ3) is 3.06. The minimum absolute atomic E-state index is 0.0173. The first-order chi connectivity index (χ1) is 10.6. The van der Waals surface area contributed by atoms with Gasteiger partial charge in [-0.15, -0.1) is 0 Å². The molecule has 0 aromatic carbocycles. The number of H-pyrrole nitrogens is 1. The maximum Gasteiger partial charge on any atom is 0.347 e. The zero-order valence-corrected chi connectivity index (χ0v) is 12.2. The highest BCUT2D eigenvalue weighted by molar-refractivity contribution is 5.76. The van der Waals surface area contributed by atoms with E-state index in [1.807, 2.05) is 6.92 Å². The molecular formula is C14H17N5O3. The highest BCUT2D eigenvalue weighted by Crippen LogP contribution is 2.19. The molecule has 1 unspecified atom stereocenters. The van der Waals surface area contributed by atoms with Crippen LogP contribution in [0.3, 0.4) is 0 Å². The Labute approximate surface area is 126 Å². The zero-order chi connectivity index (χ0) is 15.5. The highest BCUT2D eigenvalue weighted by atomic mass is 16.5. The third-order valence-corrected chi connectivity index (χ3v) is 3.54. The van der Waals surface area contributed by atoms with Gasteiger partial charge in [0.25, 0.3) is 0 Å². The molecule has 0 bridgehead atoms. The smallest absolute Gasteiger partial charge is 0.347 e. The molecule has 1 saturated heterocycles. The SMILES string of the molecule is Cc1cnc(C2CN(C(=O)Cn3cccnc3=O)CCO2)[nH]1. The van der Waals surface area contributed by atoms with Crippen molar-refractivity contribution in [1.82, 2.24) is 24.4 Å². The number of nitrogens with zero attached hydrogens (tertiary/aromatic N) is 4. The van der Waals surface area contributed by atoms with Crippen LogP contribution in [0.2, 0.25) is 0 Å². The van der Waals surface area contributed by atoms with Crippen LogP contribution in [0.4, 0.5) is 0 Å². The second kappa shape index (κ2) is 6.10. The van der Waals surface area contributed by atoms with Gasteiger partial charge in [-0.25, -0.2) is 14.8 Å². The quantitative estimate of drug-likeness (QED) is 0.853. The number of aryl methyl sites for hydroxylation is 1. The van der Waals surface area contributed by atoms with Gasteiger partial charge in [-0.1, -0.05) is 0 Å². The number of carbonyl (C=O) groups excluding carboxylic acids is 1.